The smallest absolute Gasteiger partial charge is 0.194 e. The van der Waals surface area contributed by atoms with Crippen LogP contribution in [0.2, 0.25) is 0 Å². The molecule has 1 unspecified atom stereocenters. The summed E-state index contributed by atoms with van der Waals surface area (Å²) in [6.45, 7) is 5.47. The third kappa shape index (κ3) is 3.44. The number of sulfone groups is 1. The molecule has 0 bridgehead atoms. The molecule has 4 heteroatoms. The number of hydrogen-bond donors (Lipinski definition) is 0. The first-order valence-corrected chi connectivity index (χ1v) is 7.38. The Bertz CT molecular complexity index is 538. The van der Waals surface area contributed by atoms with E-state index in [1.165, 1.54) is 0 Å². The van der Waals surface area contributed by atoms with Crippen molar-refractivity contribution in [2.24, 2.45) is 0 Å². The van der Waals surface area contributed by atoms with Crippen molar-refractivity contribution in [3.8, 4) is 6.07 Å². The third-order valence-electron chi connectivity index (χ3n) is 2.74. The molecule has 3 nitrogen and oxygen atoms in total. The van der Waals surface area contributed by atoms with Gasteiger partial charge in [0.15, 0.2) is 15.1 Å². The molecule has 1 rings (SSSR count). The van der Waals surface area contributed by atoms with E-state index in [2.05, 4.69) is 6.58 Å². The van der Waals surface area contributed by atoms with Crippen LogP contribution in [0.3, 0.4) is 0 Å². The summed E-state index contributed by atoms with van der Waals surface area (Å²) in [7, 11) is -3.54. The van der Waals surface area contributed by atoms with Crippen LogP contribution in [0.1, 0.15) is 24.8 Å². The average Bonchev–Trinajstić information content (AvgIpc) is 2.35. The van der Waals surface area contributed by atoms with Crippen molar-refractivity contribution in [2.45, 2.75) is 36.3 Å². The van der Waals surface area contributed by atoms with Gasteiger partial charge in [0.25, 0.3) is 0 Å². The van der Waals surface area contributed by atoms with Crippen LogP contribution < -0.4 is 0 Å². The van der Waals surface area contributed by atoms with E-state index in [1.54, 1.807) is 30.3 Å². The minimum Gasteiger partial charge on any atom is -0.222 e. The summed E-state index contributed by atoms with van der Waals surface area (Å²) in [5, 5.41) is 8.05. The first-order valence-electron chi connectivity index (χ1n) is 5.83. The molecule has 0 aromatic heterocycles. The Morgan fingerprint density at radius 1 is 1.39 bits per heavy atom. The van der Waals surface area contributed by atoms with Crippen LogP contribution in [0.25, 0.3) is 0 Å². The van der Waals surface area contributed by atoms with E-state index in [4.69, 9.17) is 5.26 Å². The SMILES string of the molecule is C=CCCCC(C#N)S(=O)(=O)c1ccc(C)cc1. The molecule has 0 radical (unpaired) electrons. The van der Waals surface area contributed by atoms with Gasteiger partial charge in [0.05, 0.1) is 11.0 Å². The lowest BCUT2D eigenvalue weighted by atomic mass is 10.2. The van der Waals surface area contributed by atoms with E-state index < -0.39 is 15.1 Å². The molecule has 0 saturated heterocycles. The highest BCUT2D eigenvalue weighted by molar-refractivity contribution is 7.92. The molecule has 0 aliphatic carbocycles. The maximum absolute atomic E-state index is 12.2. The first kappa shape index (κ1) is 14.5. The normalized spacial score (nSPS) is 12.7. The van der Waals surface area contributed by atoms with Crippen LogP contribution in [0.4, 0.5) is 0 Å². The summed E-state index contributed by atoms with van der Waals surface area (Å²) in [6.07, 6.45) is 3.46. The zero-order valence-electron chi connectivity index (χ0n) is 10.5. The fourth-order valence-electron chi connectivity index (χ4n) is 1.63. The lowest BCUT2D eigenvalue weighted by Gasteiger charge is -2.10. The minimum absolute atomic E-state index is 0.221. The summed E-state index contributed by atoms with van der Waals surface area (Å²) in [6, 6.07) is 8.49. The molecule has 1 aromatic rings. The van der Waals surface area contributed by atoms with E-state index in [9.17, 15) is 8.42 Å². The van der Waals surface area contributed by atoms with Crippen LogP contribution in [0, 0.1) is 18.3 Å². The van der Waals surface area contributed by atoms with E-state index in [0.717, 1.165) is 12.0 Å². The van der Waals surface area contributed by atoms with Gasteiger partial charge in [0, 0.05) is 0 Å². The van der Waals surface area contributed by atoms with Crippen LogP contribution in [-0.2, 0) is 9.84 Å². The fraction of sp³-hybridized carbons (Fsp3) is 0.357. The number of unbranched alkanes of at least 4 members (excludes halogenated alkanes) is 1. The van der Waals surface area contributed by atoms with Gasteiger partial charge < -0.3 is 0 Å². The largest absolute Gasteiger partial charge is 0.222 e. The van der Waals surface area contributed by atoms with E-state index in [1.807, 2.05) is 13.0 Å². The van der Waals surface area contributed by atoms with Crippen LogP contribution in [0.5, 0.6) is 0 Å². The minimum atomic E-state index is -3.54. The predicted octanol–water partition coefficient (Wildman–Crippen LogP) is 3.02. The molecule has 1 aromatic carbocycles. The molecule has 1 atom stereocenters. The highest BCUT2D eigenvalue weighted by Crippen LogP contribution is 2.20. The van der Waals surface area contributed by atoms with Gasteiger partial charge in [-0.25, -0.2) is 8.42 Å². The highest BCUT2D eigenvalue weighted by Gasteiger charge is 2.26. The number of aryl methyl sites for hydroxylation is 1. The molecular weight excluding hydrogens is 246 g/mol. The number of hydrogen-bond acceptors (Lipinski definition) is 3. The quantitative estimate of drug-likeness (QED) is 0.585. The van der Waals surface area contributed by atoms with Crippen molar-refractivity contribution < 1.29 is 8.42 Å². The van der Waals surface area contributed by atoms with Gasteiger partial charge in [-0.05, 0) is 38.3 Å². The van der Waals surface area contributed by atoms with Crippen molar-refractivity contribution in [3.63, 3.8) is 0 Å². The Hall–Kier alpha value is -1.60. The van der Waals surface area contributed by atoms with Crippen molar-refractivity contribution in [1.29, 1.82) is 5.26 Å². The number of rotatable bonds is 6. The Labute approximate surface area is 109 Å². The van der Waals surface area contributed by atoms with Gasteiger partial charge in [-0.3, -0.25) is 0 Å². The summed E-state index contributed by atoms with van der Waals surface area (Å²) >= 11 is 0. The molecule has 0 spiro atoms. The second kappa shape index (κ2) is 6.36. The molecule has 96 valence electrons. The van der Waals surface area contributed by atoms with Gasteiger partial charge in [0.2, 0.25) is 0 Å². The van der Waals surface area contributed by atoms with E-state index >= 15 is 0 Å². The second-order valence-electron chi connectivity index (χ2n) is 4.20. The third-order valence-corrected chi connectivity index (χ3v) is 4.76. The van der Waals surface area contributed by atoms with Crippen molar-refractivity contribution in [3.05, 3.63) is 42.5 Å². The molecule has 0 amide bonds. The van der Waals surface area contributed by atoms with Crippen molar-refractivity contribution in [2.75, 3.05) is 0 Å². The summed E-state index contributed by atoms with van der Waals surface area (Å²) in [5.41, 5.74) is 0.995. The lowest BCUT2D eigenvalue weighted by molar-refractivity contribution is 0.582. The Morgan fingerprint density at radius 2 is 2.00 bits per heavy atom. The van der Waals surface area contributed by atoms with Crippen molar-refractivity contribution in [1.82, 2.24) is 0 Å². The standard InChI is InChI=1S/C14H17NO2S/c1-3-4-5-6-14(11-15)18(16,17)13-9-7-12(2)8-10-13/h3,7-10,14H,1,4-6H2,2H3. The molecule has 0 saturated carbocycles. The highest BCUT2D eigenvalue weighted by atomic mass is 32.2. The van der Waals surface area contributed by atoms with Crippen LogP contribution >= 0.6 is 0 Å². The molecule has 0 N–H and O–H groups in total. The molecule has 0 fully saturated rings. The predicted molar refractivity (Wildman–Crippen MR) is 71.8 cm³/mol. The average molecular weight is 263 g/mol. The van der Waals surface area contributed by atoms with Crippen molar-refractivity contribution >= 4 is 9.84 Å². The van der Waals surface area contributed by atoms with Gasteiger partial charge in [-0.15, -0.1) is 6.58 Å². The zero-order chi connectivity index (χ0) is 13.6. The maximum atomic E-state index is 12.2. The van der Waals surface area contributed by atoms with Gasteiger partial charge in [-0.2, -0.15) is 5.26 Å². The Morgan fingerprint density at radius 3 is 2.50 bits per heavy atom. The Kier molecular flexibility index (Phi) is 5.11. The van der Waals surface area contributed by atoms with Gasteiger partial charge in [0.1, 0.15) is 0 Å². The van der Waals surface area contributed by atoms with Gasteiger partial charge in [-0.1, -0.05) is 23.8 Å². The first-order chi connectivity index (χ1) is 8.52. The Balaban J connectivity index is 2.93. The monoisotopic (exact) mass is 263 g/mol. The molecule has 0 aliphatic rings. The molecule has 0 heterocycles. The summed E-state index contributed by atoms with van der Waals surface area (Å²) in [5.74, 6) is 0. The van der Waals surface area contributed by atoms with E-state index in [-0.39, 0.29) is 4.90 Å². The van der Waals surface area contributed by atoms with E-state index in [0.29, 0.717) is 12.8 Å². The lowest BCUT2D eigenvalue weighted by Crippen LogP contribution is -2.19. The number of benzene rings is 1. The maximum Gasteiger partial charge on any atom is 0.194 e. The summed E-state index contributed by atoms with van der Waals surface area (Å²) in [4.78, 5) is 0.221. The topological polar surface area (TPSA) is 57.9 Å². The zero-order valence-corrected chi connectivity index (χ0v) is 11.3. The fourth-order valence-corrected chi connectivity index (χ4v) is 3.09. The summed E-state index contributed by atoms with van der Waals surface area (Å²) < 4.78 is 24.4. The van der Waals surface area contributed by atoms with Gasteiger partial charge >= 0.3 is 0 Å². The molecular formula is C14H17NO2S. The van der Waals surface area contributed by atoms with Crippen LogP contribution in [-0.4, -0.2) is 13.7 Å². The number of allylic oxidation sites excluding steroid dienone is 1. The number of nitrogens with zero attached hydrogens (tertiary/aromatic N) is 1. The molecule has 18 heavy (non-hydrogen) atoms. The molecule has 0 aliphatic heterocycles. The number of nitriles is 1. The second-order valence-corrected chi connectivity index (χ2v) is 6.33. The van der Waals surface area contributed by atoms with Crippen LogP contribution in [0.15, 0.2) is 41.8 Å².